The summed E-state index contributed by atoms with van der Waals surface area (Å²) in [6.07, 6.45) is 1.20. The zero-order valence-electron chi connectivity index (χ0n) is 4.81. The van der Waals surface area contributed by atoms with E-state index < -0.39 is 0 Å². The van der Waals surface area contributed by atoms with Gasteiger partial charge in [0, 0.05) is 18.5 Å². The van der Waals surface area contributed by atoms with Gasteiger partial charge in [0.05, 0.1) is 13.2 Å². The van der Waals surface area contributed by atoms with Crippen LogP contribution in [0.3, 0.4) is 0 Å². The molecule has 0 aromatic rings. The molecular formula is C6H10NO. The van der Waals surface area contributed by atoms with Crippen LogP contribution < -0.4 is 5.32 Å². The van der Waals surface area contributed by atoms with E-state index in [1.807, 2.05) is 0 Å². The van der Waals surface area contributed by atoms with Crippen LogP contribution in [-0.2, 0) is 4.74 Å². The molecule has 2 aliphatic rings. The lowest BCUT2D eigenvalue weighted by Crippen LogP contribution is -2.43. The van der Waals surface area contributed by atoms with Gasteiger partial charge in [-0.3, -0.25) is 0 Å². The van der Waals surface area contributed by atoms with Gasteiger partial charge in [0.25, 0.3) is 0 Å². The summed E-state index contributed by atoms with van der Waals surface area (Å²) in [6, 6.07) is 0. The van der Waals surface area contributed by atoms with E-state index in [1.165, 1.54) is 6.42 Å². The maximum atomic E-state index is 5.10. The van der Waals surface area contributed by atoms with Crippen molar-refractivity contribution in [3.8, 4) is 0 Å². The van der Waals surface area contributed by atoms with Gasteiger partial charge in [-0.05, 0) is 6.42 Å². The summed E-state index contributed by atoms with van der Waals surface area (Å²) in [6.45, 7) is 5.21. The molecule has 45 valence electrons. The van der Waals surface area contributed by atoms with Crippen molar-refractivity contribution < 1.29 is 4.74 Å². The van der Waals surface area contributed by atoms with Crippen LogP contribution in [0.25, 0.3) is 0 Å². The quantitative estimate of drug-likeness (QED) is 0.482. The average Bonchev–Trinajstić information content (AvgIpc) is 2.07. The highest BCUT2D eigenvalue weighted by Crippen LogP contribution is 2.34. The van der Waals surface area contributed by atoms with Gasteiger partial charge in [-0.2, -0.15) is 0 Å². The van der Waals surface area contributed by atoms with Gasteiger partial charge in [-0.1, -0.05) is 0 Å². The van der Waals surface area contributed by atoms with E-state index >= 15 is 0 Å². The predicted octanol–water partition coefficient (Wildman–Crippen LogP) is 0.158. The first kappa shape index (κ1) is 4.77. The molecule has 2 heteroatoms. The number of hydrogen-bond acceptors (Lipinski definition) is 2. The van der Waals surface area contributed by atoms with Gasteiger partial charge in [0.1, 0.15) is 0 Å². The second kappa shape index (κ2) is 1.45. The van der Waals surface area contributed by atoms with Gasteiger partial charge in [0.15, 0.2) is 0 Å². The summed E-state index contributed by atoms with van der Waals surface area (Å²) in [7, 11) is 0. The summed E-state index contributed by atoms with van der Waals surface area (Å²) < 4.78 is 5.10. The molecule has 0 aromatic carbocycles. The monoisotopic (exact) mass is 112 g/mol. The molecule has 2 fully saturated rings. The molecule has 2 nitrogen and oxygen atoms in total. The Hall–Kier alpha value is -0.0800. The Kier molecular flexibility index (Phi) is 0.866. The number of hydrogen-bond donors (Lipinski definition) is 1. The summed E-state index contributed by atoms with van der Waals surface area (Å²) in [4.78, 5) is 0. The number of ether oxygens (including phenoxy) is 1. The normalized spacial score (nSPS) is 33.0. The SMILES string of the molecule is [CH]1CC2(CN1)COC2. The van der Waals surface area contributed by atoms with Gasteiger partial charge >= 0.3 is 0 Å². The molecule has 1 radical (unpaired) electrons. The highest BCUT2D eigenvalue weighted by atomic mass is 16.5. The van der Waals surface area contributed by atoms with Crippen molar-refractivity contribution in [1.29, 1.82) is 0 Å². The first-order valence-corrected chi connectivity index (χ1v) is 3.04. The van der Waals surface area contributed by atoms with Crippen LogP contribution >= 0.6 is 0 Å². The fraction of sp³-hybridized carbons (Fsp3) is 0.833. The van der Waals surface area contributed by atoms with Crippen molar-refractivity contribution in [2.24, 2.45) is 5.41 Å². The van der Waals surface area contributed by atoms with Crippen LogP contribution in [0.4, 0.5) is 0 Å². The van der Waals surface area contributed by atoms with Crippen LogP contribution in [0, 0.1) is 12.0 Å². The second-order valence-corrected chi connectivity index (χ2v) is 2.78. The molecule has 2 aliphatic heterocycles. The molecule has 0 unspecified atom stereocenters. The first-order valence-electron chi connectivity index (χ1n) is 3.04. The van der Waals surface area contributed by atoms with Crippen LogP contribution in [0.1, 0.15) is 6.42 Å². The summed E-state index contributed by atoms with van der Waals surface area (Å²) >= 11 is 0. The van der Waals surface area contributed by atoms with Gasteiger partial charge in [0.2, 0.25) is 0 Å². The lowest BCUT2D eigenvalue weighted by molar-refractivity contribution is -0.0987. The minimum Gasteiger partial charge on any atom is -0.380 e. The molecule has 0 amide bonds. The fourth-order valence-corrected chi connectivity index (χ4v) is 1.26. The summed E-state index contributed by atoms with van der Waals surface area (Å²) in [5, 5.41) is 3.21. The number of rotatable bonds is 0. The topological polar surface area (TPSA) is 21.3 Å². The molecular weight excluding hydrogens is 102 g/mol. The predicted molar refractivity (Wildman–Crippen MR) is 30.2 cm³/mol. The average molecular weight is 112 g/mol. The van der Waals surface area contributed by atoms with Crippen molar-refractivity contribution in [1.82, 2.24) is 5.32 Å². The number of nitrogens with one attached hydrogen (secondary N) is 1. The molecule has 2 saturated heterocycles. The van der Waals surface area contributed by atoms with E-state index in [9.17, 15) is 0 Å². The smallest absolute Gasteiger partial charge is 0.0557 e. The standard InChI is InChI=1S/C6H10NO/c1-2-7-3-6(1)4-8-5-6/h2,7H,1,3-5H2. The minimum absolute atomic E-state index is 0.528. The molecule has 2 rings (SSSR count). The summed E-state index contributed by atoms with van der Waals surface area (Å²) in [5.74, 6) is 0. The van der Waals surface area contributed by atoms with Crippen molar-refractivity contribution in [2.75, 3.05) is 19.8 Å². The molecule has 0 bridgehead atoms. The zero-order valence-corrected chi connectivity index (χ0v) is 4.81. The molecule has 1 N–H and O–H groups in total. The van der Waals surface area contributed by atoms with E-state index in [2.05, 4.69) is 11.9 Å². The largest absolute Gasteiger partial charge is 0.380 e. The third-order valence-electron chi connectivity index (χ3n) is 1.97. The minimum atomic E-state index is 0.528. The summed E-state index contributed by atoms with van der Waals surface area (Å²) in [5.41, 5.74) is 0.528. The van der Waals surface area contributed by atoms with E-state index in [0.717, 1.165) is 19.8 Å². The Morgan fingerprint density at radius 3 is 2.62 bits per heavy atom. The molecule has 0 atom stereocenters. The molecule has 8 heavy (non-hydrogen) atoms. The highest BCUT2D eigenvalue weighted by molar-refractivity contribution is 4.97. The van der Waals surface area contributed by atoms with Crippen LogP contribution in [0.5, 0.6) is 0 Å². The Morgan fingerprint density at radius 2 is 2.38 bits per heavy atom. The molecule has 0 saturated carbocycles. The third-order valence-corrected chi connectivity index (χ3v) is 1.97. The molecule has 0 aromatic heterocycles. The Labute approximate surface area is 49.2 Å². The van der Waals surface area contributed by atoms with Crippen molar-refractivity contribution in [2.45, 2.75) is 6.42 Å². The highest BCUT2D eigenvalue weighted by Gasteiger charge is 2.40. The fourth-order valence-electron chi connectivity index (χ4n) is 1.26. The van der Waals surface area contributed by atoms with E-state index in [-0.39, 0.29) is 0 Å². The Balaban J connectivity index is 2.01. The van der Waals surface area contributed by atoms with Gasteiger partial charge in [-0.15, -0.1) is 0 Å². The van der Waals surface area contributed by atoms with Crippen LogP contribution in [0.2, 0.25) is 0 Å². The lowest BCUT2D eigenvalue weighted by atomic mass is 9.86. The van der Waals surface area contributed by atoms with Crippen molar-refractivity contribution >= 4 is 0 Å². The second-order valence-electron chi connectivity index (χ2n) is 2.78. The maximum Gasteiger partial charge on any atom is 0.0557 e. The first-order chi connectivity index (χ1) is 3.91. The van der Waals surface area contributed by atoms with E-state index in [0.29, 0.717) is 5.41 Å². The Bertz CT molecular complexity index is 90.7. The maximum absolute atomic E-state index is 5.10. The lowest BCUT2D eigenvalue weighted by Gasteiger charge is -2.36. The Morgan fingerprint density at radius 1 is 1.50 bits per heavy atom. The van der Waals surface area contributed by atoms with Crippen LogP contribution in [0.15, 0.2) is 0 Å². The van der Waals surface area contributed by atoms with Gasteiger partial charge in [-0.25, -0.2) is 0 Å². The third kappa shape index (κ3) is 0.501. The zero-order chi connectivity index (χ0) is 5.45. The van der Waals surface area contributed by atoms with Crippen molar-refractivity contribution in [3.05, 3.63) is 6.54 Å². The van der Waals surface area contributed by atoms with E-state index in [4.69, 9.17) is 4.74 Å². The molecule has 1 spiro atoms. The molecule has 2 heterocycles. The van der Waals surface area contributed by atoms with E-state index in [1.54, 1.807) is 0 Å². The van der Waals surface area contributed by atoms with Crippen LogP contribution in [-0.4, -0.2) is 19.8 Å². The van der Waals surface area contributed by atoms with Gasteiger partial charge < -0.3 is 10.1 Å². The van der Waals surface area contributed by atoms with Crippen molar-refractivity contribution in [3.63, 3.8) is 0 Å². The molecule has 0 aliphatic carbocycles.